The Morgan fingerprint density at radius 2 is 1.89 bits per heavy atom. The Balaban J connectivity index is 1.51. The fourth-order valence-corrected chi connectivity index (χ4v) is 3.12. The Morgan fingerprint density at radius 3 is 2.56 bits per heavy atom. The molecular formula is C19H17F2N3O2S. The van der Waals surface area contributed by atoms with Crippen molar-refractivity contribution < 1.29 is 18.3 Å². The van der Waals surface area contributed by atoms with Crippen LogP contribution in [-0.2, 0) is 0 Å². The molecule has 2 N–H and O–H groups in total. The summed E-state index contributed by atoms with van der Waals surface area (Å²) in [6.45, 7) is 0.246. The van der Waals surface area contributed by atoms with Crippen LogP contribution in [0.4, 0.5) is 8.78 Å². The molecule has 5 nitrogen and oxygen atoms in total. The molecule has 8 heteroatoms. The van der Waals surface area contributed by atoms with Gasteiger partial charge in [-0.25, -0.2) is 13.8 Å². The number of nitrogens with one attached hydrogen (secondary N) is 2. The predicted octanol–water partition coefficient (Wildman–Crippen LogP) is 3.89. The molecule has 0 saturated carbocycles. The van der Waals surface area contributed by atoms with Crippen LogP contribution >= 0.6 is 11.8 Å². The standard InChI is InChI=1S/C19H17F2N3O2S/c1-26-13-7-5-12(6-8-13)16-11-23-19(24-16)27-10-9-22-18(25)17-14(20)3-2-4-15(17)21/h2-8,11H,9-10H2,1H3,(H,22,25)(H,23,24). The third-order valence-electron chi connectivity index (χ3n) is 3.77. The minimum absolute atomic E-state index is 0.246. The van der Waals surface area contributed by atoms with Gasteiger partial charge in [-0.1, -0.05) is 17.8 Å². The summed E-state index contributed by atoms with van der Waals surface area (Å²) in [6, 6.07) is 10.9. The maximum absolute atomic E-state index is 13.6. The zero-order valence-corrected chi connectivity index (χ0v) is 15.3. The third-order valence-corrected chi connectivity index (χ3v) is 4.66. The maximum atomic E-state index is 13.6. The van der Waals surface area contributed by atoms with E-state index >= 15 is 0 Å². The van der Waals surface area contributed by atoms with Crippen molar-refractivity contribution >= 4 is 17.7 Å². The van der Waals surface area contributed by atoms with Crippen LogP contribution in [0.15, 0.2) is 53.8 Å². The number of ether oxygens (including phenoxy) is 1. The molecule has 3 rings (SSSR count). The van der Waals surface area contributed by atoms with Crippen molar-refractivity contribution in [1.29, 1.82) is 0 Å². The van der Waals surface area contributed by atoms with E-state index in [2.05, 4.69) is 15.3 Å². The van der Waals surface area contributed by atoms with Crippen molar-refractivity contribution in [2.75, 3.05) is 19.4 Å². The highest BCUT2D eigenvalue weighted by molar-refractivity contribution is 7.99. The molecule has 1 heterocycles. The minimum Gasteiger partial charge on any atom is -0.497 e. The number of imidazole rings is 1. The van der Waals surface area contributed by atoms with Crippen molar-refractivity contribution in [1.82, 2.24) is 15.3 Å². The average Bonchev–Trinajstić information content (AvgIpc) is 3.14. The second-order valence-electron chi connectivity index (χ2n) is 5.53. The topological polar surface area (TPSA) is 67.0 Å². The molecular weight excluding hydrogens is 372 g/mol. The fourth-order valence-electron chi connectivity index (χ4n) is 2.41. The molecule has 1 amide bonds. The number of amides is 1. The molecule has 0 aliphatic heterocycles. The fraction of sp³-hybridized carbons (Fsp3) is 0.158. The van der Waals surface area contributed by atoms with Gasteiger partial charge in [-0.3, -0.25) is 4.79 Å². The number of halogens is 2. The number of aromatic amines is 1. The number of hydrogen-bond donors (Lipinski definition) is 2. The lowest BCUT2D eigenvalue weighted by Gasteiger charge is -2.06. The Kier molecular flexibility index (Phi) is 6.08. The molecule has 2 aromatic carbocycles. The van der Waals surface area contributed by atoms with Gasteiger partial charge < -0.3 is 15.0 Å². The van der Waals surface area contributed by atoms with E-state index in [0.717, 1.165) is 29.1 Å². The first-order chi connectivity index (χ1) is 13.1. The summed E-state index contributed by atoms with van der Waals surface area (Å²) in [7, 11) is 1.61. The zero-order chi connectivity index (χ0) is 19.2. The van der Waals surface area contributed by atoms with Gasteiger partial charge in [0.05, 0.1) is 19.0 Å². The second-order valence-corrected chi connectivity index (χ2v) is 6.62. The Labute approximate surface area is 159 Å². The highest BCUT2D eigenvalue weighted by atomic mass is 32.2. The van der Waals surface area contributed by atoms with E-state index in [-0.39, 0.29) is 6.54 Å². The molecule has 0 unspecified atom stereocenters. The van der Waals surface area contributed by atoms with Gasteiger partial charge in [-0.05, 0) is 42.0 Å². The first kappa shape index (κ1) is 18.9. The van der Waals surface area contributed by atoms with Gasteiger partial charge in [0.2, 0.25) is 0 Å². The lowest BCUT2D eigenvalue weighted by molar-refractivity contribution is 0.0947. The summed E-state index contributed by atoms with van der Waals surface area (Å²) >= 11 is 1.40. The number of rotatable bonds is 7. The Morgan fingerprint density at radius 1 is 1.19 bits per heavy atom. The second kappa shape index (κ2) is 8.68. The van der Waals surface area contributed by atoms with Crippen LogP contribution in [0.5, 0.6) is 5.75 Å². The Hall–Kier alpha value is -2.87. The number of benzene rings is 2. The van der Waals surface area contributed by atoms with Crippen LogP contribution in [0.3, 0.4) is 0 Å². The molecule has 1 aromatic heterocycles. The van der Waals surface area contributed by atoms with Crippen LogP contribution in [0.2, 0.25) is 0 Å². The Bertz CT molecular complexity index is 909. The van der Waals surface area contributed by atoms with Crippen molar-refractivity contribution in [2.45, 2.75) is 5.16 Å². The quantitative estimate of drug-likeness (QED) is 0.475. The summed E-state index contributed by atoms with van der Waals surface area (Å²) < 4.78 is 32.2. The molecule has 3 aromatic rings. The van der Waals surface area contributed by atoms with E-state index in [1.54, 1.807) is 13.3 Å². The molecule has 0 saturated heterocycles. The predicted molar refractivity (Wildman–Crippen MR) is 100.0 cm³/mol. The third kappa shape index (κ3) is 4.65. The van der Waals surface area contributed by atoms with Gasteiger partial charge in [0.1, 0.15) is 22.9 Å². The zero-order valence-electron chi connectivity index (χ0n) is 14.5. The largest absolute Gasteiger partial charge is 0.497 e. The van der Waals surface area contributed by atoms with Gasteiger partial charge in [-0.2, -0.15) is 0 Å². The highest BCUT2D eigenvalue weighted by Gasteiger charge is 2.16. The van der Waals surface area contributed by atoms with E-state index in [1.165, 1.54) is 17.8 Å². The molecule has 140 valence electrons. The van der Waals surface area contributed by atoms with Gasteiger partial charge >= 0.3 is 0 Å². The molecule has 0 bridgehead atoms. The summed E-state index contributed by atoms with van der Waals surface area (Å²) in [5.74, 6) is -1.26. The summed E-state index contributed by atoms with van der Waals surface area (Å²) in [4.78, 5) is 19.4. The average molecular weight is 389 g/mol. The lowest BCUT2D eigenvalue weighted by atomic mass is 10.2. The number of thioether (sulfide) groups is 1. The number of H-pyrrole nitrogens is 1. The number of nitrogens with zero attached hydrogens (tertiary/aromatic N) is 1. The monoisotopic (exact) mass is 389 g/mol. The number of methoxy groups -OCH3 is 1. The van der Waals surface area contributed by atoms with Crippen LogP contribution in [-0.4, -0.2) is 35.3 Å². The summed E-state index contributed by atoms with van der Waals surface area (Å²) in [5, 5.41) is 3.19. The SMILES string of the molecule is COc1ccc(-c2cnc(SCCNC(=O)c3c(F)cccc3F)[nH]2)cc1. The van der Waals surface area contributed by atoms with Crippen molar-refractivity contribution in [2.24, 2.45) is 0 Å². The molecule has 0 aliphatic rings. The number of aromatic nitrogens is 2. The number of carbonyl (C=O) groups excluding carboxylic acids is 1. The number of hydrogen-bond acceptors (Lipinski definition) is 4. The molecule has 0 spiro atoms. The van der Waals surface area contributed by atoms with E-state index in [1.807, 2.05) is 24.3 Å². The molecule has 0 radical (unpaired) electrons. The van der Waals surface area contributed by atoms with Gasteiger partial charge in [0.25, 0.3) is 5.91 Å². The summed E-state index contributed by atoms with van der Waals surface area (Å²) in [6.07, 6.45) is 1.72. The van der Waals surface area contributed by atoms with Crippen molar-refractivity contribution in [3.05, 3.63) is 65.9 Å². The van der Waals surface area contributed by atoms with E-state index < -0.39 is 23.1 Å². The number of carbonyl (C=O) groups is 1. The van der Waals surface area contributed by atoms with Gasteiger partial charge in [0, 0.05) is 12.3 Å². The van der Waals surface area contributed by atoms with Crippen LogP contribution in [0.1, 0.15) is 10.4 Å². The van der Waals surface area contributed by atoms with Crippen molar-refractivity contribution in [3.8, 4) is 17.0 Å². The van der Waals surface area contributed by atoms with E-state index in [4.69, 9.17) is 4.74 Å². The summed E-state index contributed by atoms with van der Waals surface area (Å²) in [5.41, 5.74) is 1.26. The smallest absolute Gasteiger partial charge is 0.257 e. The molecule has 0 fully saturated rings. The minimum atomic E-state index is -0.879. The molecule has 27 heavy (non-hydrogen) atoms. The highest BCUT2D eigenvalue weighted by Crippen LogP contribution is 2.23. The first-order valence-corrected chi connectivity index (χ1v) is 9.11. The molecule has 0 aliphatic carbocycles. The van der Waals surface area contributed by atoms with E-state index in [9.17, 15) is 13.6 Å². The van der Waals surface area contributed by atoms with Crippen LogP contribution in [0.25, 0.3) is 11.3 Å². The lowest BCUT2D eigenvalue weighted by Crippen LogP contribution is -2.27. The van der Waals surface area contributed by atoms with Crippen molar-refractivity contribution in [3.63, 3.8) is 0 Å². The van der Waals surface area contributed by atoms with Gasteiger partial charge in [-0.15, -0.1) is 0 Å². The first-order valence-electron chi connectivity index (χ1n) is 8.13. The van der Waals surface area contributed by atoms with Crippen LogP contribution < -0.4 is 10.1 Å². The maximum Gasteiger partial charge on any atom is 0.257 e. The van der Waals surface area contributed by atoms with Crippen LogP contribution in [0, 0.1) is 11.6 Å². The molecule has 0 atom stereocenters. The van der Waals surface area contributed by atoms with Gasteiger partial charge in [0.15, 0.2) is 5.16 Å². The van der Waals surface area contributed by atoms with E-state index in [0.29, 0.717) is 10.9 Å². The normalized spacial score (nSPS) is 10.6.